The molecule has 0 aliphatic carbocycles. The van der Waals surface area contributed by atoms with Crippen LogP contribution in [-0.2, 0) is 4.74 Å². The van der Waals surface area contributed by atoms with E-state index in [0.717, 1.165) is 5.69 Å². The predicted molar refractivity (Wildman–Crippen MR) is 108 cm³/mol. The maximum absolute atomic E-state index is 14.3. The number of fused-ring (bicyclic) bond motifs is 3. The third-order valence-corrected chi connectivity index (χ3v) is 5.06. The number of halogens is 1. The number of hydrogen-bond donors (Lipinski definition) is 2. The molecule has 0 atom stereocenters. The van der Waals surface area contributed by atoms with Crippen LogP contribution in [0.1, 0.15) is 10.4 Å². The average molecular weight is 391 g/mol. The van der Waals surface area contributed by atoms with Crippen molar-refractivity contribution in [2.45, 2.75) is 0 Å². The number of aromatic nitrogens is 3. The summed E-state index contributed by atoms with van der Waals surface area (Å²) in [6.07, 6.45) is 1.59. The first-order chi connectivity index (χ1) is 14.2. The largest absolute Gasteiger partial charge is 0.378 e. The molecule has 2 N–H and O–H groups in total. The number of nitrogens with one attached hydrogen (secondary N) is 2. The van der Waals surface area contributed by atoms with Crippen LogP contribution in [0.4, 0.5) is 15.9 Å². The van der Waals surface area contributed by atoms with E-state index in [-0.39, 0.29) is 11.7 Å². The van der Waals surface area contributed by atoms with Crippen molar-refractivity contribution in [3.05, 3.63) is 60.0 Å². The standard InChI is InChI=1S/C21H18FN5O2/c22-16-2-1-3-17-18(16)15-12-23-26-19(15)20(25-17)24-14-6-4-13(5-7-14)21(28)27-8-10-29-11-9-27/h1-7,12H,8-11H2,(H,23,26)(H,24,25). The summed E-state index contributed by atoms with van der Waals surface area (Å²) in [5, 5.41) is 11.3. The van der Waals surface area contributed by atoms with Gasteiger partial charge in [0.05, 0.1) is 24.9 Å². The summed E-state index contributed by atoms with van der Waals surface area (Å²) in [5.41, 5.74) is 2.55. The number of amides is 1. The van der Waals surface area contributed by atoms with Crippen molar-refractivity contribution in [2.24, 2.45) is 0 Å². The normalized spacial score (nSPS) is 14.4. The number of rotatable bonds is 3. The summed E-state index contributed by atoms with van der Waals surface area (Å²) in [6, 6.07) is 12.0. The van der Waals surface area contributed by atoms with Crippen molar-refractivity contribution in [3.63, 3.8) is 0 Å². The third-order valence-electron chi connectivity index (χ3n) is 5.06. The van der Waals surface area contributed by atoms with Crippen LogP contribution in [0.3, 0.4) is 0 Å². The van der Waals surface area contributed by atoms with Crippen LogP contribution in [0.25, 0.3) is 21.8 Å². The predicted octanol–water partition coefficient (Wildman–Crippen LogP) is 3.47. The highest BCUT2D eigenvalue weighted by Gasteiger charge is 2.18. The third kappa shape index (κ3) is 3.17. The number of carbonyl (C=O) groups is 1. The van der Waals surface area contributed by atoms with Crippen molar-refractivity contribution >= 4 is 39.2 Å². The molecule has 2 aromatic heterocycles. The number of anilines is 2. The Balaban J connectivity index is 1.45. The molecule has 0 radical (unpaired) electrons. The molecule has 0 saturated carbocycles. The minimum absolute atomic E-state index is 0.00452. The van der Waals surface area contributed by atoms with Gasteiger partial charge in [-0.25, -0.2) is 9.37 Å². The van der Waals surface area contributed by atoms with Crippen LogP contribution in [0, 0.1) is 5.82 Å². The van der Waals surface area contributed by atoms with E-state index < -0.39 is 0 Å². The molecule has 0 spiro atoms. The van der Waals surface area contributed by atoms with Gasteiger partial charge < -0.3 is 15.0 Å². The van der Waals surface area contributed by atoms with Crippen molar-refractivity contribution in [2.75, 3.05) is 31.6 Å². The fourth-order valence-electron chi connectivity index (χ4n) is 3.58. The lowest BCUT2D eigenvalue weighted by molar-refractivity contribution is 0.0303. The van der Waals surface area contributed by atoms with E-state index in [4.69, 9.17) is 4.74 Å². The molecule has 2 aromatic carbocycles. The molecule has 7 nitrogen and oxygen atoms in total. The van der Waals surface area contributed by atoms with E-state index in [0.29, 0.717) is 59.5 Å². The van der Waals surface area contributed by atoms with Gasteiger partial charge in [-0.2, -0.15) is 5.10 Å². The monoisotopic (exact) mass is 391 g/mol. The molecule has 3 heterocycles. The van der Waals surface area contributed by atoms with Gasteiger partial charge in [0, 0.05) is 35.1 Å². The second-order valence-corrected chi connectivity index (χ2v) is 6.86. The number of morpholine rings is 1. The molecule has 0 unspecified atom stereocenters. The first kappa shape index (κ1) is 17.6. The number of ether oxygens (including phenoxy) is 1. The molecule has 146 valence electrons. The molecular formula is C21H18FN5O2. The van der Waals surface area contributed by atoms with E-state index in [2.05, 4.69) is 20.5 Å². The summed E-state index contributed by atoms with van der Waals surface area (Å²) < 4.78 is 19.6. The number of carbonyl (C=O) groups excluding carboxylic acids is 1. The fourth-order valence-corrected chi connectivity index (χ4v) is 3.58. The zero-order chi connectivity index (χ0) is 19.8. The highest BCUT2D eigenvalue weighted by Crippen LogP contribution is 2.31. The van der Waals surface area contributed by atoms with Gasteiger partial charge in [-0.05, 0) is 36.4 Å². The number of H-pyrrole nitrogens is 1. The van der Waals surface area contributed by atoms with Crippen LogP contribution in [-0.4, -0.2) is 52.3 Å². The zero-order valence-electron chi connectivity index (χ0n) is 15.5. The van der Waals surface area contributed by atoms with Crippen LogP contribution in [0.2, 0.25) is 0 Å². The molecule has 1 saturated heterocycles. The van der Waals surface area contributed by atoms with E-state index >= 15 is 0 Å². The zero-order valence-corrected chi connectivity index (χ0v) is 15.5. The minimum atomic E-state index is -0.334. The first-order valence-electron chi connectivity index (χ1n) is 9.36. The van der Waals surface area contributed by atoms with Crippen LogP contribution < -0.4 is 5.32 Å². The maximum atomic E-state index is 14.3. The highest BCUT2D eigenvalue weighted by molar-refractivity contribution is 6.09. The van der Waals surface area contributed by atoms with Crippen LogP contribution in [0.15, 0.2) is 48.7 Å². The van der Waals surface area contributed by atoms with Gasteiger partial charge in [-0.15, -0.1) is 0 Å². The number of aromatic amines is 1. The molecule has 5 rings (SSSR count). The lowest BCUT2D eigenvalue weighted by Gasteiger charge is -2.26. The highest BCUT2D eigenvalue weighted by atomic mass is 19.1. The lowest BCUT2D eigenvalue weighted by Crippen LogP contribution is -2.40. The van der Waals surface area contributed by atoms with Crippen LogP contribution in [0.5, 0.6) is 0 Å². The molecule has 4 aromatic rings. The molecule has 1 aliphatic heterocycles. The van der Waals surface area contributed by atoms with Crippen LogP contribution >= 0.6 is 0 Å². The molecule has 29 heavy (non-hydrogen) atoms. The Morgan fingerprint density at radius 3 is 2.72 bits per heavy atom. The topological polar surface area (TPSA) is 83.1 Å². The smallest absolute Gasteiger partial charge is 0.254 e. The summed E-state index contributed by atoms with van der Waals surface area (Å²) in [7, 11) is 0. The minimum Gasteiger partial charge on any atom is -0.378 e. The Hall–Kier alpha value is -3.52. The average Bonchev–Trinajstić information content (AvgIpc) is 3.25. The van der Waals surface area contributed by atoms with Gasteiger partial charge in [-0.3, -0.25) is 9.89 Å². The van der Waals surface area contributed by atoms with E-state index in [1.807, 2.05) is 12.1 Å². The van der Waals surface area contributed by atoms with E-state index in [1.165, 1.54) is 6.07 Å². The summed E-state index contributed by atoms with van der Waals surface area (Å²) in [6.45, 7) is 2.35. The Kier molecular flexibility index (Phi) is 4.33. The van der Waals surface area contributed by atoms with E-state index in [1.54, 1.807) is 35.4 Å². The van der Waals surface area contributed by atoms with Gasteiger partial charge in [0.2, 0.25) is 0 Å². The molecule has 1 amide bonds. The Morgan fingerprint density at radius 2 is 1.93 bits per heavy atom. The second-order valence-electron chi connectivity index (χ2n) is 6.86. The Bertz CT molecular complexity index is 1200. The van der Waals surface area contributed by atoms with Gasteiger partial charge in [0.1, 0.15) is 11.3 Å². The van der Waals surface area contributed by atoms with E-state index in [9.17, 15) is 9.18 Å². The lowest BCUT2D eigenvalue weighted by atomic mass is 10.1. The summed E-state index contributed by atoms with van der Waals surface area (Å²) in [4.78, 5) is 18.9. The SMILES string of the molecule is O=C(c1ccc(Nc2nc3cccc(F)c3c3cn[nH]c23)cc1)N1CCOCC1. The maximum Gasteiger partial charge on any atom is 0.254 e. The van der Waals surface area contributed by atoms with Gasteiger partial charge in [-0.1, -0.05) is 6.07 Å². The Labute approximate surface area is 165 Å². The van der Waals surface area contributed by atoms with Gasteiger partial charge in [0.15, 0.2) is 5.82 Å². The summed E-state index contributed by atoms with van der Waals surface area (Å²) in [5.74, 6) is 0.205. The molecule has 1 aliphatic rings. The summed E-state index contributed by atoms with van der Waals surface area (Å²) >= 11 is 0. The molecule has 8 heteroatoms. The first-order valence-corrected chi connectivity index (χ1v) is 9.36. The van der Waals surface area contributed by atoms with Crippen molar-refractivity contribution < 1.29 is 13.9 Å². The second kappa shape index (κ2) is 7.14. The van der Waals surface area contributed by atoms with Crippen molar-refractivity contribution in [1.82, 2.24) is 20.1 Å². The molecule has 0 bridgehead atoms. The molecular weight excluding hydrogens is 373 g/mol. The van der Waals surface area contributed by atoms with Crippen molar-refractivity contribution in [1.29, 1.82) is 0 Å². The quantitative estimate of drug-likeness (QED) is 0.559. The number of hydrogen-bond acceptors (Lipinski definition) is 5. The van der Waals surface area contributed by atoms with Crippen molar-refractivity contribution in [3.8, 4) is 0 Å². The number of benzene rings is 2. The fraction of sp³-hybridized carbons (Fsp3) is 0.190. The van der Waals surface area contributed by atoms with Gasteiger partial charge >= 0.3 is 0 Å². The Morgan fingerprint density at radius 1 is 1.14 bits per heavy atom. The number of nitrogens with zero attached hydrogens (tertiary/aromatic N) is 3. The number of pyridine rings is 1. The van der Waals surface area contributed by atoms with Gasteiger partial charge in [0.25, 0.3) is 5.91 Å². The molecule has 1 fully saturated rings.